The van der Waals surface area contributed by atoms with E-state index in [2.05, 4.69) is 14.9 Å². The maximum Gasteiger partial charge on any atom is 0.362 e. The summed E-state index contributed by atoms with van der Waals surface area (Å²) in [5.74, 6) is -1.21. The fourth-order valence-electron chi connectivity index (χ4n) is 1.06. The third kappa shape index (κ3) is 2.02. The lowest BCUT2D eigenvalue weighted by molar-refractivity contribution is -0.132. The quantitative estimate of drug-likeness (QED) is 0.329. The van der Waals surface area contributed by atoms with Crippen LogP contribution in [0.3, 0.4) is 0 Å². The van der Waals surface area contributed by atoms with Crippen molar-refractivity contribution in [3.63, 3.8) is 0 Å². The van der Waals surface area contributed by atoms with Gasteiger partial charge in [0, 0.05) is 12.3 Å². The Hall–Kier alpha value is -2.31. The summed E-state index contributed by atoms with van der Waals surface area (Å²) in [6, 6.07) is 1.39. The molecule has 1 aromatic heterocycles. The first-order valence-electron chi connectivity index (χ1n) is 4.18. The normalized spacial score (nSPS) is 11.0. The smallest absolute Gasteiger partial charge is 0.362 e. The highest BCUT2D eigenvalue weighted by molar-refractivity contribution is 6.43. The van der Waals surface area contributed by atoms with Crippen LogP contribution >= 0.6 is 0 Å². The van der Waals surface area contributed by atoms with E-state index >= 15 is 0 Å². The zero-order chi connectivity index (χ0) is 12.1. The third-order valence-electron chi connectivity index (χ3n) is 1.81. The Bertz CT molecular complexity index is 430. The number of aromatic nitrogens is 1. The summed E-state index contributed by atoms with van der Waals surface area (Å²) in [6.07, 6.45) is 1.29. The topological polar surface area (TPSA) is 101 Å². The van der Waals surface area contributed by atoms with Gasteiger partial charge >= 0.3 is 5.97 Å². The Morgan fingerprint density at radius 1 is 1.50 bits per heavy atom. The molecule has 0 aliphatic carbocycles. The van der Waals surface area contributed by atoms with Gasteiger partial charge in [0.15, 0.2) is 11.5 Å². The van der Waals surface area contributed by atoms with Gasteiger partial charge in [-0.25, -0.2) is 9.78 Å². The van der Waals surface area contributed by atoms with Crippen LogP contribution in [0.4, 0.5) is 0 Å². The summed E-state index contributed by atoms with van der Waals surface area (Å²) in [5.41, 5.74) is -0.715. The van der Waals surface area contributed by atoms with E-state index in [9.17, 15) is 9.90 Å². The summed E-state index contributed by atoms with van der Waals surface area (Å²) >= 11 is 0. The number of oxime groups is 1. The number of pyridine rings is 1. The molecule has 2 N–H and O–H groups in total. The minimum absolute atomic E-state index is 0.107. The van der Waals surface area contributed by atoms with E-state index in [4.69, 9.17) is 9.94 Å². The van der Waals surface area contributed by atoms with Crippen LogP contribution in [0.25, 0.3) is 0 Å². The molecule has 0 spiro atoms. The van der Waals surface area contributed by atoms with Crippen molar-refractivity contribution in [3.05, 3.63) is 18.0 Å². The average molecular weight is 226 g/mol. The summed E-state index contributed by atoms with van der Waals surface area (Å²) in [6.45, 7) is 0. The van der Waals surface area contributed by atoms with Crippen molar-refractivity contribution in [1.29, 1.82) is 0 Å². The number of esters is 1. The molecule has 0 bridgehead atoms. The first kappa shape index (κ1) is 11.8. The van der Waals surface area contributed by atoms with Gasteiger partial charge in [0.1, 0.15) is 5.69 Å². The van der Waals surface area contributed by atoms with Crippen molar-refractivity contribution >= 4 is 11.7 Å². The van der Waals surface area contributed by atoms with Gasteiger partial charge in [-0.2, -0.15) is 0 Å². The van der Waals surface area contributed by atoms with E-state index in [0.717, 1.165) is 7.11 Å². The molecule has 0 radical (unpaired) electrons. The van der Waals surface area contributed by atoms with Gasteiger partial charge in [0.05, 0.1) is 14.2 Å². The molecule has 1 heterocycles. The molecule has 0 aliphatic rings. The van der Waals surface area contributed by atoms with Crippen LogP contribution in [0.2, 0.25) is 0 Å². The molecule has 16 heavy (non-hydrogen) atoms. The Labute approximate surface area is 90.9 Å². The van der Waals surface area contributed by atoms with E-state index < -0.39 is 17.4 Å². The highest BCUT2D eigenvalue weighted by atomic mass is 16.5. The van der Waals surface area contributed by atoms with Crippen molar-refractivity contribution in [2.24, 2.45) is 5.16 Å². The van der Waals surface area contributed by atoms with Crippen LogP contribution < -0.4 is 4.74 Å². The first-order valence-corrected chi connectivity index (χ1v) is 4.18. The molecule has 0 atom stereocenters. The fraction of sp³-hybridized carbons (Fsp3) is 0.222. The molecule has 1 aromatic rings. The molecule has 7 nitrogen and oxygen atoms in total. The zero-order valence-corrected chi connectivity index (χ0v) is 8.67. The van der Waals surface area contributed by atoms with Gasteiger partial charge in [-0.15, -0.1) is 0 Å². The Kier molecular flexibility index (Phi) is 3.65. The number of rotatable bonds is 3. The van der Waals surface area contributed by atoms with Crippen molar-refractivity contribution in [2.75, 3.05) is 14.2 Å². The van der Waals surface area contributed by atoms with Crippen LogP contribution in [0.5, 0.6) is 11.5 Å². The minimum Gasteiger partial charge on any atom is -0.503 e. The van der Waals surface area contributed by atoms with Crippen molar-refractivity contribution in [1.82, 2.24) is 4.98 Å². The number of ether oxygens (including phenoxy) is 2. The molecule has 0 amide bonds. The molecule has 0 aromatic carbocycles. The SMILES string of the molecule is COC(=O)/C(=N\O)c1nccc(OC)c1O. The predicted molar refractivity (Wildman–Crippen MR) is 52.8 cm³/mol. The summed E-state index contributed by atoms with van der Waals surface area (Å²) in [7, 11) is 2.46. The Morgan fingerprint density at radius 2 is 2.19 bits per heavy atom. The number of carbonyl (C=O) groups is 1. The molecular weight excluding hydrogens is 216 g/mol. The maximum absolute atomic E-state index is 11.2. The summed E-state index contributed by atoms with van der Waals surface area (Å²) in [4.78, 5) is 14.9. The standard InChI is InChI=1S/C9H10N2O5/c1-15-5-3-4-10-6(8(5)12)7(11-14)9(13)16-2/h3-4,12,14H,1-2H3/b11-7-. The molecule has 0 saturated carbocycles. The van der Waals surface area contributed by atoms with Crippen LogP contribution in [0.1, 0.15) is 5.69 Å². The first-order chi connectivity index (χ1) is 7.65. The average Bonchev–Trinajstić information content (AvgIpc) is 2.31. The highest BCUT2D eigenvalue weighted by Gasteiger charge is 2.22. The largest absolute Gasteiger partial charge is 0.503 e. The number of aromatic hydroxyl groups is 1. The third-order valence-corrected chi connectivity index (χ3v) is 1.81. The van der Waals surface area contributed by atoms with E-state index in [1.807, 2.05) is 0 Å². The van der Waals surface area contributed by atoms with Crippen LogP contribution in [0, 0.1) is 0 Å². The second-order valence-corrected chi connectivity index (χ2v) is 2.65. The lowest BCUT2D eigenvalue weighted by Gasteiger charge is -2.07. The molecule has 1 rings (SSSR count). The minimum atomic E-state index is -0.918. The van der Waals surface area contributed by atoms with Crippen molar-refractivity contribution in [3.8, 4) is 11.5 Å². The maximum atomic E-state index is 11.2. The lowest BCUT2D eigenvalue weighted by Crippen LogP contribution is -2.18. The molecule has 0 saturated heterocycles. The monoisotopic (exact) mass is 226 g/mol. The van der Waals surface area contributed by atoms with E-state index in [1.165, 1.54) is 19.4 Å². The van der Waals surface area contributed by atoms with E-state index in [1.54, 1.807) is 0 Å². The second kappa shape index (κ2) is 4.96. The molecule has 86 valence electrons. The van der Waals surface area contributed by atoms with Gasteiger partial charge in [0.25, 0.3) is 0 Å². The highest BCUT2D eigenvalue weighted by Crippen LogP contribution is 2.28. The van der Waals surface area contributed by atoms with Crippen molar-refractivity contribution < 1.29 is 24.6 Å². The molecule has 0 fully saturated rings. The number of carbonyl (C=O) groups excluding carboxylic acids is 1. The fourth-order valence-corrected chi connectivity index (χ4v) is 1.06. The van der Waals surface area contributed by atoms with E-state index in [0.29, 0.717) is 0 Å². The number of nitrogens with zero attached hydrogens (tertiary/aromatic N) is 2. The molecule has 0 unspecified atom stereocenters. The van der Waals surface area contributed by atoms with Gasteiger partial charge in [0.2, 0.25) is 5.71 Å². The number of hydrogen-bond donors (Lipinski definition) is 2. The van der Waals surface area contributed by atoms with Gasteiger partial charge in [-0.1, -0.05) is 5.16 Å². The van der Waals surface area contributed by atoms with Crippen LogP contribution in [0.15, 0.2) is 17.4 Å². The lowest BCUT2D eigenvalue weighted by atomic mass is 10.2. The summed E-state index contributed by atoms with van der Waals surface area (Å²) < 4.78 is 9.18. The zero-order valence-electron chi connectivity index (χ0n) is 8.67. The number of methoxy groups -OCH3 is 2. The Balaban J connectivity index is 3.27. The van der Waals surface area contributed by atoms with Crippen LogP contribution in [-0.4, -0.2) is 41.2 Å². The molecular formula is C9H10N2O5. The summed E-state index contributed by atoms with van der Waals surface area (Å²) in [5, 5.41) is 21.0. The number of hydrogen-bond acceptors (Lipinski definition) is 7. The van der Waals surface area contributed by atoms with Gasteiger partial charge < -0.3 is 19.8 Å². The van der Waals surface area contributed by atoms with E-state index in [-0.39, 0.29) is 11.4 Å². The molecule has 7 heteroatoms. The van der Waals surface area contributed by atoms with Crippen LogP contribution in [-0.2, 0) is 9.53 Å². The predicted octanol–water partition coefficient (Wildman–Crippen LogP) is 0.147. The van der Waals surface area contributed by atoms with Gasteiger partial charge in [-0.3, -0.25) is 0 Å². The van der Waals surface area contributed by atoms with Gasteiger partial charge in [-0.05, 0) is 0 Å². The van der Waals surface area contributed by atoms with Crippen molar-refractivity contribution in [2.45, 2.75) is 0 Å². The molecule has 0 aliphatic heterocycles. The second-order valence-electron chi connectivity index (χ2n) is 2.65. The Morgan fingerprint density at radius 3 is 2.69 bits per heavy atom.